The summed E-state index contributed by atoms with van der Waals surface area (Å²) in [5.74, 6) is -0.625. The standard InChI is InChI=1S/C22H18FNO5/c23-19-8-4-5-9-20(19)27-15-22(26)28-14-21(25)24-16-10-12-18(13-11-16)29-17-6-2-1-3-7-17/h1-13H,14-15H2,(H,24,25). The van der Waals surface area contributed by atoms with E-state index in [1.54, 1.807) is 30.3 Å². The molecule has 0 saturated carbocycles. The molecule has 0 spiro atoms. The van der Waals surface area contributed by atoms with Crippen molar-refractivity contribution in [3.63, 3.8) is 0 Å². The van der Waals surface area contributed by atoms with E-state index in [0.717, 1.165) is 0 Å². The van der Waals surface area contributed by atoms with Gasteiger partial charge in [0.15, 0.2) is 24.8 Å². The number of hydrogen-bond donors (Lipinski definition) is 1. The average Bonchev–Trinajstić information content (AvgIpc) is 2.74. The lowest BCUT2D eigenvalue weighted by molar-refractivity contribution is -0.149. The molecule has 0 aliphatic heterocycles. The molecular weight excluding hydrogens is 377 g/mol. The van der Waals surface area contributed by atoms with Crippen LogP contribution in [0.3, 0.4) is 0 Å². The van der Waals surface area contributed by atoms with Crippen LogP contribution in [0.25, 0.3) is 0 Å². The zero-order valence-electron chi connectivity index (χ0n) is 15.3. The first-order valence-electron chi connectivity index (χ1n) is 8.76. The van der Waals surface area contributed by atoms with Crippen molar-refractivity contribution in [2.24, 2.45) is 0 Å². The number of rotatable bonds is 8. The number of esters is 1. The Labute approximate surface area is 166 Å². The van der Waals surface area contributed by atoms with Gasteiger partial charge in [-0.2, -0.15) is 0 Å². The van der Waals surface area contributed by atoms with Gasteiger partial charge in [-0.25, -0.2) is 9.18 Å². The highest BCUT2D eigenvalue weighted by Gasteiger charge is 2.10. The second-order valence-electron chi connectivity index (χ2n) is 5.87. The number of anilines is 1. The Bertz CT molecular complexity index is 960. The number of hydrogen-bond acceptors (Lipinski definition) is 5. The van der Waals surface area contributed by atoms with Crippen LogP contribution in [-0.4, -0.2) is 25.1 Å². The fourth-order valence-corrected chi connectivity index (χ4v) is 2.31. The Kier molecular flexibility index (Phi) is 6.78. The van der Waals surface area contributed by atoms with Crippen molar-refractivity contribution in [1.82, 2.24) is 0 Å². The van der Waals surface area contributed by atoms with Crippen LogP contribution in [0.5, 0.6) is 17.2 Å². The molecule has 7 heteroatoms. The Morgan fingerprint density at radius 1 is 0.793 bits per heavy atom. The summed E-state index contributed by atoms with van der Waals surface area (Å²) in [6, 6.07) is 21.7. The molecule has 0 aliphatic carbocycles. The molecule has 1 N–H and O–H groups in total. The van der Waals surface area contributed by atoms with Gasteiger partial charge in [0.25, 0.3) is 5.91 Å². The molecule has 1 amide bonds. The summed E-state index contributed by atoms with van der Waals surface area (Å²) in [5.41, 5.74) is 0.522. The number of nitrogens with one attached hydrogen (secondary N) is 1. The number of ether oxygens (including phenoxy) is 3. The van der Waals surface area contributed by atoms with Crippen molar-refractivity contribution in [2.45, 2.75) is 0 Å². The van der Waals surface area contributed by atoms with Crippen molar-refractivity contribution in [1.29, 1.82) is 0 Å². The fraction of sp³-hybridized carbons (Fsp3) is 0.0909. The summed E-state index contributed by atoms with van der Waals surface area (Å²) in [6.45, 7) is -0.985. The van der Waals surface area contributed by atoms with Crippen molar-refractivity contribution in [2.75, 3.05) is 18.5 Å². The first-order valence-corrected chi connectivity index (χ1v) is 8.76. The molecule has 0 aliphatic rings. The summed E-state index contributed by atoms with van der Waals surface area (Å²) >= 11 is 0. The smallest absolute Gasteiger partial charge is 0.344 e. The summed E-state index contributed by atoms with van der Waals surface area (Å²) in [5, 5.41) is 2.60. The Balaban J connectivity index is 1.41. The van der Waals surface area contributed by atoms with Gasteiger partial charge in [0.05, 0.1) is 0 Å². The zero-order chi connectivity index (χ0) is 20.5. The Morgan fingerprint density at radius 3 is 2.17 bits per heavy atom. The lowest BCUT2D eigenvalue weighted by atomic mass is 10.3. The van der Waals surface area contributed by atoms with Gasteiger partial charge >= 0.3 is 5.97 Å². The first-order chi connectivity index (χ1) is 14.1. The van der Waals surface area contributed by atoms with Crippen LogP contribution in [0, 0.1) is 5.82 Å². The quantitative estimate of drug-likeness (QED) is 0.579. The van der Waals surface area contributed by atoms with E-state index in [9.17, 15) is 14.0 Å². The van der Waals surface area contributed by atoms with Crippen LogP contribution in [0.2, 0.25) is 0 Å². The SMILES string of the molecule is O=C(COC(=O)COc1ccccc1F)Nc1ccc(Oc2ccccc2)cc1. The highest BCUT2D eigenvalue weighted by Crippen LogP contribution is 2.22. The highest BCUT2D eigenvalue weighted by molar-refractivity contribution is 5.92. The number of benzene rings is 3. The molecule has 3 aromatic rings. The van der Waals surface area contributed by atoms with Crippen LogP contribution in [-0.2, 0) is 14.3 Å². The molecule has 0 atom stereocenters. The van der Waals surface area contributed by atoms with Crippen LogP contribution in [0.4, 0.5) is 10.1 Å². The van der Waals surface area contributed by atoms with E-state index in [2.05, 4.69) is 5.32 Å². The van der Waals surface area contributed by atoms with Crippen molar-refractivity contribution < 1.29 is 28.2 Å². The Hall–Kier alpha value is -3.87. The van der Waals surface area contributed by atoms with E-state index in [0.29, 0.717) is 17.2 Å². The molecule has 0 fully saturated rings. The summed E-state index contributed by atoms with van der Waals surface area (Å²) in [7, 11) is 0. The predicted molar refractivity (Wildman–Crippen MR) is 104 cm³/mol. The molecule has 3 rings (SSSR count). The summed E-state index contributed by atoms with van der Waals surface area (Å²) in [6.07, 6.45) is 0. The molecule has 0 unspecified atom stereocenters. The summed E-state index contributed by atoms with van der Waals surface area (Å²) in [4.78, 5) is 23.5. The van der Waals surface area contributed by atoms with E-state index in [-0.39, 0.29) is 5.75 Å². The van der Waals surface area contributed by atoms with Gasteiger partial charge in [0.2, 0.25) is 0 Å². The van der Waals surface area contributed by atoms with Gasteiger partial charge in [-0.1, -0.05) is 30.3 Å². The van der Waals surface area contributed by atoms with Crippen LogP contribution in [0.15, 0.2) is 78.9 Å². The topological polar surface area (TPSA) is 73.9 Å². The van der Waals surface area contributed by atoms with Gasteiger partial charge in [0.1, 0.15) is 11.5 Å². The summed E-state index contributed by atoms with van der Waals surface area (Å²) < 4.78 is 28.9. The van der Waals surface area contributed by atoms with E-state index >= 15 is 0 Å². The second kappa shape index (κ2) is 9.89. The minimum Gasteiger partial charge on any atom is -0.479 e. The van der Waals surface area contributed by atoms with Crippen LogP contribution in [0.1, 0.15) is 0 Å². The molecule has 0 saturated heterocycles. The van der Waals surface area contributed by atoms with E-state index < -0.39 is 30.9 Å². The molecule has 0 heterocycles. The number of amides is 1. The first kappa shape index (κ1) is 19.9. The number of halogens is 1. The van der Waals surface area contributed by atoms with Crippen molar-refractivity contribution in [3.05, 3.63) is 84.7 Å². The molecular formula is C22H18FNO5. The number of carbonyl (C=O) groups is 2. The molecule has 3 aromatic carbocycles. The average molecular weight is 395 g/mol. The molecule has 0 aromatic heterocycles. The van der Waals surface area contributed by atoms with E-state index in [4.69, 9.17) is 14.2 Å². The molecule has 6 nitrogen and oxygen atoms in total. The maximum Gasteiger partial charge on any atom is 0.344 e. The second-order valence-corrected chi connectivity index (χ2v) is 5.87. The van der Waals surface area contributed by atoms with Gasteiger partial charge < -0.3 is 19.5 Å². The predicted octanol–water partition coefficient (Wildman–Crippen LogP) is 4.18. The Morgan fingerprint density at radius 2 is 1.45 bits per heavy atom. The fourth-order valence-electron chi connectivity index (χ4n) is 2.31. The van der Waals surface area contributed by atoms with E-state index in [1.807, 2.05) is 30.3 Å². The van der Waals surface area contributed by atoms with Crippen molar-refractivity contribution >= 4 is 17.6 Å². The van der Waals surface area contributed by atoms with Crippen molar-refractivity contribution in [3.8, 4) is 17.2 Å². The highest BCUT2D eigenvalue weighted by atomic mass is 19.1. The van der Waals surface area contributed by atoms with Crippen LogP contribution < -0.4 is 14.8 Å². The van der Waals surface area contributed by atoms with Crippen LogP contribution >= 0.6 is 0 Å². The maximum atomic E-state index is 13.4. The molecule has 0 bridgehead atoms. The van der Waals surface area contributed by atoms with Gasteiger partial charge in [0, 0.05) is 5.69 Å². The third kappa shape index (κ3) is 6.35. The monoisotopic (exact) mass is 395 g/mol. The molecule has 0 radical (unpaired) electrons. The zero-order valence-corrected chi connectivity index (χ0v) is 15.3. The third-order valence-corrected chi connectivity index (χ3v) is 3.66. The lowest BCUT2D eigenvalue weighted by Gasteiger charge is -2.09. The van der Waals surface area contributed by atoms with E-state index in [1.165, 1.54) is 18.2 Å². The normalized spacial score (nSPS) is 10.1. The largest absolute Gasteiger partial charge is 0.479 e. The third-order valence-electron chi connectivity index (χ3n) is 3.66. The van der Waals surface area contributed by atoms with Gasteiger partial charge in [-0.05, 0) is 48.5 Å². The molecule has 29 heavy (non-hydrogen) atoms. The number of para-hydroxylation sites is 2. The lowest BCUT2D eigenvalue weighted by Crippen LogP contribution is -2.23. The minimum absolute atomic E-state index is 0.0632. The van der Waals surface area contributed by atoms with Gasteiger partial charge in [-0.3, -0.25) is 4.79 Å². The minimum atomic E-state index is -0.782. The number of carbonyl (C=O) groups excluding carboxylic acids is 2. The maximum absolute atomic E-state index is 13.4. The van der Waals surface area contributed by atoms with Gasteiger partial charge in [-0.15, -0.1) is 0 Å². The molecule has 148 valence electrons.